The molecule has 0 aliphatic heterocycles. The molecule has 8 heteroatoms. The van der Waals surface area contributed by atoms with Crippen molar-refractivity contribution in [2.45, 2.75) is 27.3 Å². The van der Waals surface area contributed by atoms with Crippen molar-refractivity contribution < 1.29 is 9.53 Å². The van der Waals surface area contributed by atoms with E-state index in [1.165, 1.54) is 0 Å². The van der Waals surface area contributed by atoms with Gasteiger partial charge in [0, 0.05) is 26.0 Å². The normalized spacial score (nSPS) is 11.0. The largest absolute Gasteiger partial charge is 0.462 e. The van der Waals surface area contributed by atoms with Gasteiger partial charge in [-0.25, -0.2) is 9.78 Å². The molecule has 0 saturated carbocycles. The van der Waals surface area contributed by atoms with E-state index in [2.05, 4.69) is 20.5 Å². The van der Waals surface area contributed by atoms with E-state index in [1.807, 2.05) is 38.0 Å². The molecule has 0 fully saturated rings. The van der Waals surface area contributed by atoms with Crippen molar-refractivity contribution in [3.63, 3.8) is 0 Å². The fraction of sp³-hybridized carbons (Fsp3) is 0.412. The van der Waals surface area contributed by atoms with E-state index < -0.39 is 5.97 Å². The van der Waals surface area contributed by atoms with Gasteiger partial charge < -0.3 is 10.1 Å². The summed E-state index contributed by atoms with van der Waals surface area (Å²) >= 11 is 0. The van der Waals surface area contributed by atoms with Crippen LogP contribution in [0.15, 0.2) is 18.6 Å². The molecule has 8 nitrogen and oxygen atoms in total. The topological polar surface area (TPSA) is 86.9 Å². The molecular formula is C17H22N6O2. The molecule has 132 valence electrons. The number of carbonyl (C=O) groups excluding carboxylic acids is 1. The molecule has 0 unspecified atom stereocenters. The number of hydrogen-bond acceptors (Lipinski definition) is 6. The van der Waals surface area contributed by atoms with E-state index in [1.54, 1.807) is 17.8 Å². The lowest BCUT2D eigenvalue weighted by atomic mass is 10.1. The summed E-state index contributed by atoms with van der Waals surface area (Å²) in [6.45, 7) is 7.30. The predicted molar refractivity (Wildman–Crippen MR) is 94.7 cm³/mol. The first kappa shape index (κ1) is 16.9. The molecule has 0 amide bonds. The second-order valence-corrected chi connectivity index (χ2v) is 5.88. The van der Waals surface area contributed by atoms with Gasteiger partial charge >= 0.3 is 5.97 Å². The standard InChI is InChI=1S/C17H22N6O2/c1-5-25-17(24)13-9-19-16-14(12(3)21-22(16)4)15(13)18-6-7-23-10-11(2)8-20-23/h8-10H,5-7H2,1-4H3,(H,18,19). The average Bonchev–Trinajstić information content (AvgIpc) is 3.11. The number of nitrogens with zero attached hydrogens (tertiary/aromatic N) is 5. The van der Waals surface area contributed by atoms with Gasteiger partial charge in [-0.05, 0) is 26.3 Å². The van der Waals surface area contributed by atoms with Gasteiger partial charge in [0.05, 0.1) is 36.1 Å². The maximum absolute atomic E-state index is 12.3. The molecule has 1 N–H and O–H groups in total. The van der Waals surface area contributed by atoms with Gasteiger partial charge in [0.2, 0.25) is 0 Å². The number of aryl methyl sites for hydroxylation is 3. The molecule has 3 rings (SSSR count). The molecular weight excluding hydrogens is 320 g/mol. The van der Waals surface area contributed by atoms with Crippen LogP contribution in [0.2, 0.25) is 0 Å². The number of fused-ring (bicyclic) bond motifs is 1. The Hall–Kier alpha value is -2.90. The summed E-state index contributed by atoms with van der Waals surface area (Å²) in [5.41, 5.74) is 3.78. The SMILES string of the molecule is CCOC(=O)c1cnc2c(c(C)nn2C)c1NCCn1cc(C)cn1. The zero-order valence-corrected chi connectivity index (χ0v) is 14.9. The van der Waals surface area contributed by atoms with Crippen LogP contribution in [0, 0.1) is 13.8 Å². The minimum absolute atomic E-state index is 0.314. The summed E-state index contributed by atoms with van der Waals surface area (Å²) in [6.07, 6.45) is 5.34. The molecule has 0 aliphatic carbocycles. The molecule has 0 aromatic carbocycles. The smallest absolute Gasteiger partial charge is 0.341 e. The quantitative estimate of drug-likeness (QED) is 0.690. The first-order valence-corrected chi connectivity index (χ1v) is 8.23. The Morgan fingerprint density at radius 1 is 1.32 bits per heavy atom. The number of pyridine rings is 1. The minimum Gasteiger partial charge on any atom is -0.462 e. The van der Waals surface area contributed by atoms with E-state index >= 15 is 0 Å². The molecule has 0 bridgehead atoms. The van der Waals surface area contributed by atoms with Crippen molar-refractivity contribution >= 4 is 22.7 Å². The highest BCUT2D eigenvalue weighted by Gasteiger charge is 2.20. The fourth-order valence-corrected chi connectivity index (χ4v) is 2.84. The maximum atomic E-state index is 12.3. The zero-order valence-electron chi connectivity index (χ0n) is 14.9. The molecule has 0 atom stereocenters. The van der Waals surface area contributed by atoms with Crippen LogP contribution >= 0.6 is 0 Å². The van der Waals surface area contributed by atoms with Crippen molar-refractivity contribution in [1.82, 2.24) is 24.5 Å². The van der Waals surface area contributed by atoms with E-state index in [-0.39, 0.29) is 0 Å². The molecule has 0 saturated heterocycles. The number of esters is 1. The van der Waals surface area contributed by atoms with Gasteiger partial charge in [-0.15, -0.1) is 0 Å². The fourth-order valence-electron chi connectivity index (χ4n) is 2.84. The Morgan fingerprint density at radius 3 is 2.80 bits per heavy atom. The number of nitrogens with one attached hydrogen (secondary N) is 1. The van der Waals surface area contributed by atoms with Crippen molar-refractivity contribution in [2.24, 2.45) is 7.05 Å². The Morgan fingerprint density at radius 2 is 2.12 bits per heavy atom. The molecule has 3 heterocycles. The van der Waals surface area contributed by atoms with E-state index in [4.69, 9.17) is 4.74 Å². The van der Waals surface area contributed by atoms with Crippen molar-refractivity contribution in [3.8, 4) is 0 Å². The first-order valence-electron chi connectivity index (χ1n) is 8.23. The van der Waals surface area contributed by atoms with Crippen LogP contribution in [0.1, 0.15) is 28.5 Å². The highest BCUT2D eigenvalue weighted by atomic mass is 16.5. The number of hydrogen-bond donors (Lipinski definition) is 1. The predicted octanol–water partition coefficient (Wildman–Crippen LogP) is 2.07. The molecule has 0 aliphatic rings. The summed E-state index contributed by atoms with van der Waals surface area (Å²) in [4.78, 5) is 16.7. The van der Waals surface area contributed by atoms with Gasteiger partial charge in [-0.2, -0.15) is 10.2 Å². The summed E-state index contributed by atoms with van der Waals surface area (Å²) in [7, 11) is 1.84. The van der Waals surface area contributed by atoms with Gasteiger partial charge in [0.15, 0.2) is 5.65 Å². The molecule has 25 heavy (non-hydrogen) atoms. The highest BCUT2D eigenvalue weighted by Crippen LogP contribution is 2.29. The lowest BCUT2D eigenvalue weighted by Crippen LogP contribution is -2.15. The first-order chi connectivity index (χ1) is 12.0. The third kappa shape index (κ3) is 3.33. The summed E-state index contributed by atoms with van der Waals surface area (Å²) in [5, 5.41) is 12.9. The summed E-state index contributed by atoms with van der Waals surface area (Å²) in [6, 6.07) is 0. The van der Waals surface area contributed by atoms with Crippen LogP contribution in [0.25, 0.3) is 11.0 Å². The second kappa shape index (κ2) is 6.92. The lowest BCUT2D eigenvalue weighted by Gasteiger charge is -2.13. The maximum Gasteiger partial charge on any atom is 0.341 e. The lowest BCUT2D eigenvalue weighted by molar-refractivity contribution is 0.0527. The Labute approximate surface area is 145 Å². The average molecular weight is 342 g/mol. The molecule has 3 aromatic heterocycles. The Balaban J connectivity index is 1.94. The minimum atomic E-state index is -0.391. The Bertz CT molecular complexity index is 911. The second-order valence-electron chi connectivity index (χ2n) is 5.88. The monoisotopic (exact) mass is 342 g/mol. The third-order valence-electron chi connectivity index (χ3n) is 3.93. The summed E-state index contributed by atoms with van der Waals surface area (Å²) < 4.78 is 8.74. The number of aromatic nitrogens is 5. The molecule has 0 radical (unpaired) electrons. The van der Waals surface area contributed by atoms with Crippen LogP contribution in [0.4, 0.5) is 5.69 Å². The van der Waals surface area contributed by atoms with Crippen LogP contribution in [-0.2, 0) is 18.3 Å². The van der Waals surface area contributed by atoms with Crippen molar-refractivity contribution in [1.29, 1.82) is 0 Å². The van der Waals surface area contributed by atoms with Gasteiger partial charge in [0.1, 0.15) is 5.56 Å². The van der Waals surface area contributed by atoms with Crippen LogP contribution < -0.4 is 5.32 Å². The van der Waals surface area contributed by atoms with E-state index in [0.29, 0.717) is 30.9 Å². The van der Waals surface area contributed by atoms with E-state index in [0.717, 1.165) is 22.3 Å². The number of rotatable bonds is 6. The zero-order chi connectivity index (χ0) is 18.0. The van der Waals surface area contributed by atoms with Crippen molar-refractivity contribution in [3.05, 3.63) is 35.4 Å². The van der Waals surface area contributed by atoms with E-state index in [9.17, 15) is 4.79 Å². The van der Waals surface area contributed by atoms with Gasteiger partial charge in [-0.1, -0.05) is 0 Å². The Kier molecular flexibility index (Phi) is 4.69. The highest BCUT2D eigenvalue weighted by molar-refractivity contribution is 6.05. The van der Waals surface area contributed by atoms with Crippen molar-refractivity contribution in [2.75, 3.05) is 18.5 Å². The molecule has 3 aromatic rings. The van der Waals surface area contributed by atoms with Crippen LogP contribution in [0.3, 0.4) is 0 Å². The number of anilines is 1. The van der Waals surface area contributed by atoms with Crippen LogP contribution in [-0.4, -0.2) is 43.7 Å². The van der Waals surface area contributed by atoms with Gasteiger partial charge in [0.25, 0.3) is 0 Å². The third-order valence-corrected chi connectivity index (χ3v) is 3.93. The van der Waals surface area contributed by atoms with Gasteiger partial charge in [-0.3, -0.25) is 9.36 Å². The molecule has 0 spiro atoms. The number of carbonyl (C=O) groups is 1. The van der Waals surface area contributed by atoms with Crippen LogP contribution in [0.5, 0.6) is 0 Å². The number of ether oxygens (including phenoxy) is 1. The summed E-state index contributed by atoms with van der Waals surface area (Å²) in [5.74, 6) is -0.391.